The molecule has 0 unspecified atom stereocenters. The lowest BCUT2D eigenvalue weighted by molar-refractivity contribution is 0.0940. The Morgan fingerprint density at radius 1 is 1.20 bits per heavy atom. The average Bonchev–Trinajstić information content (AvgIpc) is 2.47. The smallest absolute Gasteiger partial charge is 0.251 e. The Balaban J connectivity index is 2.08. The maximum atomic E-state index is 12.2. The van der Waals surface area contributed by atoms with Gasteiger partial charge in [0.1, 0.15) is 0 Å². The van der Waals surface area contributed by atoms with Gasteiger partial charge < -0.3 is 5.32 Å². The molecule has 2 rings (SSSR count). The van der Waals surface area contributed by atoms with Gasteiger partial charge in [0.15, 0.2) is 0 Å². The van der Waals surface area contributed by atoms with E-state index in [2.05, 4.69) is 5.32 Å². The molecule has 104 valence electrons. The van der Waals surface area contributed by atoms with Gasteiger partial charge in [0.25, 0.3) is 5.91 Å². The summed E-state index contributed by atoms with van der Waals surface area (Å²) in [5.74, 6) is 0.285. The van der Waals surface area contributed by atoms with Gasteiger partial charge in [-0.25, -0.2) is 0 Å². The van der Waals surface area contributed by atoms with Crippen LogP contribution >= 0.6 is 23.2 Å². The van der Waals surface area contributed by atoms with Crippen LogP contribution in [0.15, 0.2) is 48.5 Å². The molecule has 0 radical (unpaired) electrons. The van der Waals surface area contributed by atoms with Crippen molar-refractivity contribution < 1.29 is 4.79 Å². The van der Waals surface area contributed by atoms with Gasteiger partial charge in [-0.1, -0.05) is 35.9 Å². The molecule has 0 aliphatic carbocycles. The number of hydrogen-bond acceptors (Lipinski definition) is 1. The highest BCUT2D eigenvalue weighted by Crippen LogP contribution is 2.17. The van der Waals surface area contributed by atoms with Crippen LogP contribution in [0, 0.1) is 0 Å². The molecule has 4 heteroatoms. The molecule has 0 bridgehead atoms. The Bertz CT molecular complexity index is 596. The van der Waals surface area contributed by atoms with E-state index in [9.17, 15) is 4.79 Å². The fourth-order valence-corrected chi connectivity index (χ4v) is 2.20. The van der Waals surface area contributed by atoms with Crippen molar-refractivity contribution in [2.45, 2.75) is 18.8 Å². The summed E-state index contributed by atoms with van der Waals surface area (Å²) in [5, 5.41) is 3.64. The first-order valence-electron chi connectivity index (χ1n) is 6.31. The summed E-state index contributed by atoms with van der Waals surface area (Å²) in [6.45, 7) is 1.94. The van der Waals surface area contributed by atoms with Crippen LogP contribution in [-0.2, 0) is 5.88 Å². The quantitative estimate of drug-likeness (QED) is 0.824. The van der Waals surface area contributed by atoms with Crippen molar-refractivity contribution in [2.24, 2.45) is 0 Å². The summed E-state index contributed by atoms with van der Waals surface area (Å²) >= 11 is 11.6. The lowest BCUT2D eigenvalue weighted by Gasteiger charge is -2.14. The molecule has 0 saturated carbocycles. The van der Waals surface area contributed by atoms with Crippen LogP contribution in [0.2, 0.25) is 5.02 Å². The van der Waals surface area contributed by atoms with E-state index in [-0.39, 0.29) is 11.9 Å². The van der Waals surface area contributed by atoms with Crippen molar-refractivity contribution in [1.82, 2.24) is 5.32 Å². The minimum atomic E-state index is -0.112. The molecular formula is C16H15Cl2NO. The summed E-state index contributed by atoms with van der Waals surface area (Å²) in [5.41, 5.74) is 2.55. The summed E-state index contributed by atoms with van der Waals surface area (Å²) in [4.78, 5) is 12.2. The Hall–Kier alpha value is -1.51. The van der Waals surface area contributed by atoms with E-state index >= 15 is 0 Å². The zero-order valence-electron chi connectivity index (χ0n) is 11.1. The van der Waals surface area contributed by atoms with Crippen LogP contribution < -0.4 is 5.32 Å². The number of benzene rings is 2. The molecule has 0 aromatic heterocycles. The van der Waals surface area contributed by atoms with Gasteiger partial charge in [-0.05, 0) is 42.3 Å². The van der Waals surface area contributed by atoms with E-state index in [1.54, 1.807) is 12.1 Å². The van der Waals surface area contributed by atoms with Crippen LogP contribution in [0.4, 0.5) is 0 Å². The first-order valence-corrected chi connectivity index (χ1v) is 7.22. The molecule has 0 spiro atoms. The lowest BCUT2D eigenvalue weighted by atomic mass is 10.1. The number of hydrogen-bond donors (Lipinski definition) is 1. The van der Waals surface area contributed by atoms with Gasteiger partial charge in [-0.15, -0.1) is 11.6 Å². The van der Waals surface area contributed by atoms with Crippen LogP contribution in [0.1, 0.15) is 34.5 Å². The maximum Gasteiger partial charge on any atom is 0.251 e. The van der Waals surface area contributed by atoms with Gasteiger partial charge in [-0.2, -0.15) is 0 Å². The van der Waals surface area contributed by atoms with E-state index < -0.39 is 0 Å². The Kier molecular flexibility index (Phi) is 5.05. The van der Waals surface area contributed by atoms with E-state index in [1.807, 2.05) is 43.3 Å². The number of carbonyl (C=O) groups is 1. The second-order valence-corrected chi connectivity index (χ2v) is 5.28. The first-order chi connectivity index (χ1) is 9.60. The first kappa shape index (κ1) is 14.9. The van der Waals surface area contributed by atoms with Crippen molar-refractivity contribution in [1.29, 1.82) is 0 Å². The summed E-state index contributed by atoms with van der Waals surface area (Å²) in [6, 6.07) is 14.7. The molecule has 2 aromatic rings. The highest BCUT2D eigenvalue weighted by molar-refractivity contribution is 6.30. The highest BCUT2D eigenvalue weighted by Gasteiger charge is 2.11. The lowest BCUT2D eigenvalue weighted by Crippen LogP contribution is -2.26. The van der Waals surface area contributed by atoms with Crippen LogP contribution in [-0.4, -0.2) is 5.91 Å². The molecular weight excluding hydrogens is 293 g/mol. The molecule has 1 atom stereocenters. The third-order valence-electron chi connectivity index (χ3n) is 3.06. The molecule has 0 fully saturated rings. The fourth-order valence-electron chi connectivity index (χ4n) is 1.91. The van der Waals surface area contributed by atoms with Crippen molar-refractivity contribution in [3.63, 3.8) is 0 Å². The Morgan fingerprint density at radius 3 is 2.55 bits per heavy atom. The summed E-state index contributed by atoms with van der Waals surface area (Å²) in [6.07, 6.45) is 0. The zero-order valence-corrected chi connectivity index (χ0v) is 12.6. The van der Waals surface area contributed by atoms with Gasteiger partial charge in [0.2, 0.25) is 0 Å². The van der Waals surface area contributed by atoms with Crippen molar-refractivity contribution in [2.75, 3.05) is 0 Å². The number of nitrogens with one attached hydrogen (secondary N) is 1. The molecule has 2 nitrogen and oxygen atoms in total. The standard InChI is InChI=1S/C16H15Cl2NO/c1-11(13-5-7-15(18)8-6-13)19-16(20)14-4-2-3-12(9-14)10-17/h2-9,11H,10H2,1H3,(H,19,20)/t11-/m1/s1. The normalized spacial score (nSPS) is 11.9. The fraction of sp³-hybridized carbons (Fsp3) is 0.188. The Labute approximate surface area is 128 Å². The van der Waals surface area contributed by atoms with Gasteiger partial charge >= 0.3 is 0 Å². The van der Waals surface area contributed by atoms with E-state index in [4.69, 9.17) is 23.2 Å². The molecule has 2 aromatic carbocycles. The minimum absolute atomic E-state index is 0.0839. The van der Waals surface area contributed by atoms with E-state index in [0.717, 1.165) is 11.1 Å². The molecule has 0 saturated heterocycles. The largest absolute Gasteiger partial charge is 0.346 e. The number of halogens is 2. The number of carbonyl (C=O) groups excluding carboxylic acids is 1. The highest BCUT2D eigenvalue weighted by atomic mass is 35.5. The zero-order chi connectivity index (χ0) is 14.5. The third kappa shape index (κ3) is 3.75. The number of rotatable bonds is 4. The van der Waals surface area contributed by atoms with Crippen molar-refractivity contribution in [3.05, 3.63) is 70.2 Å². The molecule has 1 N–H and O–H groups in total. The van der Waals surface area contributed by atoms with Gasteiger partial charge in [0, 0.05) is 16.5 Å². The predicted octanol–water partition coefficient (Wildman–Crippen LogP) is 4.57. The predicted molar refractivity (Wildman–Crippen MR) is 83.3 cm³/mol. The van der Waals surface area contributed by atoms with Crippen molar-refractivity contribution >= 4 is 29.1 Å². The van der Waals surface area contributed by atoms with Crippen LogP contribution in [0.5, 0.6) is 0 Å². The summed E-state index contributed by atoms with van der Waals surface area (Å²) in [7, 11) is 0. The summed E-state index contributed by atoms with van der Waals surface area (Å²) < 4.78 is 0. The number of amides is 1. The molecule has 0 aliphatic rings. The minimum Gasteiger partial charge on any atom is -0.346 e. The average molecular weight is 308 g/mol. The SMILES string of the molecule is C[C@@H](NC(=O)c1cccc(CCl)c1)c1ccc(Cl)cc1. The van der Waals surface area contributed by atoms with Crippen LogP contribution in [0.3, 0.4) is 0 Å². The molecule has 20 heavy (non-hydrogen) atoms. The molecule has 0 heterocycles. The number of alkyl halides is 1. The monoisotopic (exact) mass is 307 g/mol. The topological polar surface area (TPSA) is 29.1 Å². The van der Waals surface area contributed by atoms with E-state index in [0.29, 0.717) is 16.5 Å². The van der Waals surface area contributed by atoms with Crippen molar-refractivity contribution in [3.8, 4) is 0 Å². The molecule has 1 amide bonds. The molecule has 0 aliphatic heterocycles. The Morgan fingerprint density at radius 2 is 1.90 bits per heavy atom. The maximum absolute atomic E-state index is 12.2. The second-order valence-electron chi connectivity index (χ2n) is 4.58. The third-order valence-corrected chi connectivity index (χ3v) is 3.62. The van der Waals surface area contributed by atoms with Gasteiger partial charge in [0.05, 0.1) is 6.04 Å². The van der Waals surface area contributed by atoms with Gasteiger partial charge in [-0.3, -0.25) is 4.79 Å². The van der Waals surface area contributed by atoms with Crippen LogP contribution in [0.25, 0.3) is 0 Å². The second kappa shape index (κ2) is 6.78. The van der Waals surface area contributed by atoms with E-state index in [1.165, 1.54) is 0 Å².